The Labute approximate surface area is 248 Å². The van der Waals surface area contributed by atoms with E-state index in [1.54, 1.807) is 13.8 Å². The lowest BCUT2D eigenvalue weighted by atomic mass is 9.67. The molecule has 0 spiro atoms. The number of esters is 2. The van der Waals surface area contributed by atoms with E-state index in [2.05, 4.69) is 58.4 Å². The summed E-state index contributed by atoms with van der Waals surface area (Å²) in [5.41, 5.74) is -0.00156. The molecule has 2 aliphatic rings. The highest BCUT2D eigenvalue weighted by Gasteiger charge is 2.48. The monoisotopic (exact) mass is 618 g/mol. The lowest BCUT2D eigenvalue weighted by Gasteiger charge is -2.42. The molecule has 0 amide bonds. The maximum Gasteiger partial charge on any atom is 0.309 e. The molecule has 0 heterocycles. The standard InChI is InChI=1S/C17H18O3.C10H7Br.C7H10O3/c1-2-20-16(18)14-10-17(19,11-14)15-8-7-12-5-3-4-6-13(12)9-15;11-10-6-5-8-3-1-2-4-9(8)7-10;1-2-10-7(9)5-3-6(8)4-5/h3-9,14,19H,2,10-11H2,1H3;1-7H;5H,2-4H2,1H3. The van der Waals surface area contributed by atoms with Gasteiger partial charge in [0.05, 0.1) is 30.7 Å². The number of benzene rings is 4. The summed E-state index contributed by atoms with van der Waals surface area (Å²) < 4.78 is 10.8. The zero-order valence-corrected chi connectivity index (χ0v) is 24.9. The fraction of sp³-hybridized carbons (Fsp3) is 0.324. The van der Waals surface area contributed by atoms with Gasteiger partial charge in [0.15, 0.2) is 0 Å². The third-order valence-corrected chi connectivity index (χ3v) is 7.85. The number of Topliss-reactive ketones (excluding diaryl/α,β-unsaturated/α-hetero) is 1. The molecule has 0 radical (unpaired) electrons. The zero-order valence-electron chi connectivity index (χ0n) is 23.3. The van der Waals surface area contributed by atoms with Crippen LogP contribution in [0.15, 0.2) is 89.4 Å². The molecule has 0 aliphatic heterocycles. The molecule has 0 bridgehead atoms. The van der Waals surface area contributed by atoms with Crippen LogP contribution in [0.25, 0.3) is 21.5 Å². The Kier molecular flexibility index (Phi) is 10.3. The highest BCUT2D eigenvalue weighted by atomic mass is 79.9. The number of rotatable bonds is 5. The van der Waals surface area contributed by atoms with E-state index in [9.17, 15) is 19.5 Å². The molecule has 2 aliphatic carbocycles. The third kappa shape index (κ3) is 7.80. The van der Waals surface area contributed by atoms with Crippen LogP contribution in [0.1, 0.15) is 45.1 Å². The molecule has 0 atom stereocenters. The summed E-state index contributed by atoms with van der Waals surface area (Å²) in [6, 6.07) is 28.6. The Morgan fingerprint density at radius 3 is 1.78 bits per heavy atom. The van der Waals surface area contributed by atoms with Crippen LogP contribution in [0.5, 0.6) is 0 Å². The molecule has 0 saturated heterocycles. The Morgan fingerprint density at radius 1 is 0.756 bits per heavy atom. The maximum absolute atomic E-state index is 11.6. The number of fused-ring (bicyclic) bond motifs is 2. The van der Waals surface area contributed by atoms with Crippen molar-refractivity contribution in [3.05, 3.63) is 95.0 Å². The van der Waals surface area contributed by atoms with Gasteiger partial charge in [-0.2, -0.15) is 0 Å². The molecule has 2 fully saturated rings. The minimum Gasteiger partial charge on any atom is -0.466 e. The fourth-order valence-electron chi connectivity index (χ4n) is 4.97. The predicted molar refractivity (Wildman–Crippen MR) is 163 cm³/mol. The van der Waals surface area contributed by atoms with Crippen molar-refractivity contribution in [2.75, 3.05) is 13.2 Å². The first-order valence-electron chi connectivity index (χ1n) is 13.9. The van der Waals surface area contributed by atoms with Crippen molar-refractivity contribution in [1.82, 2.24) is 0 Å². The minimum atomic E-state index is -0.887. The summed E-state index contributed by atoms with van der Waals surface area (Å²) >= 11 is 3.43. The first-order chi connectivity index (χ1) is 19.7. The largest absolute Gasteiger partial charge is 0.466 e. The Bertz CT molecular complexity index is 1520. The molecule has 7 heteroatoms. The first-order valence-corrected chi connectivity index (χ1v) is 14.7. The molecule has 214 valence electrons. The van der Waals surface area contributed by atoms with E-state index in [0.29, 0.717) is 38.9 Å². The van der Waals surface area contributed by atoms with Gasteiger partial charge in [-0.1, -0.05) is 82.7 Å². The predicted octanol–water partition coefficient (Wildman–Crippen LogP) is 7.13. The summed E-state index contributed by atoms with van der Waals surface area (Å²) in [5, 5.41) is 15.5. The number of ether oxygens (including phenoxy) is 2. The van der Waals surface area contributed by atoms with Gasteiger partial charge in [0.2, 0.25) is 0 Å². The summed E-state index contributed by atoms with van der Waals surface area (Å²) in [4.78, 5) is 32.8. The molecule has 2 saturated carbocycles. The van der Waals surface area contributed by atoms with Crippen molar-refractivity contribution in [2.45, 2.75) is 45.1 Å². The molecule has 0 aromatic heterocycles. The summed E-state index contributed by atoms with van der Waals surface area (Å²) in [6.45, 7) is 4.36. The van der Waals surface area contributed by atoms with E-state index in [1.807, 2.05) is 42.5 Å². The molecule has 6 nitrogen and oxygen atoms in total. The van der Waals surface area contributed by atoms with E-state index in [-0.39, 0.29) is 29.6 Å². The van der Waals surface area contributed by atoms with E-state index in [4.69, 9.17) is 9.47 Å². The van der Waals surface area contributed by atoms with Crippen LogP contribution < -0.4 is 0 Å². The van der Waals surface area contributed by atoms with Gasteiger partial charge in [0, 0.05) is 17.3 Å². The topological polar surface area (TPSA) is 89.9 Å². The number of ketones is 1. The Balaban J connectivity index is 0.000000156. The zero-order chi connectivity index (χ0) is 29.4. The lowest BCUT2D eigenvalue weighted by molar-refractivity contribution is -0.165. The average Bonchev–Trinajstić information content (AvgIpc) is 2.94. The van der Waals surface area contributed by atoms with Crippen molar-refractivity contribution in [3.63, 3.8) is 0 Å². The highest BCUT2D eigenvalue weighted by molar-refractivity contribution is 9.10. The van der Waals surface area contributed by atoms with Crippen LogP contribution in [-0.2, 0) is 29.5 Å². The summed E-state index contributed by atoms with van der Waals surface area (Å²) in [5.74, 6) is -0.558. The fourth-order valence-corrected chi connectivity index (χ4v) is 5.35. The van der Waals surface area contributed by atoms with Gasteiger partial charge in [0.25, 0.3) is 0 Å². The van der Waals surface area contributed by atoms with Gasteiger partial charge in [0.1, 0.15) is 5.78 Å². The molecular weight excluding hydrogens is 584 g/mol. The molecule has 41 heavy (non-hydrogen) atoms. The van der Waals surface area contributed by atoms with E-state index in [0.717, 1.165) is 20.8 Å². The van der Waals surface area contributed by atoms with Crippen LogP contribution in [-0.4, -0.2) is 36.0 Å². The van der Waals surface area contributed by atoms with Crippen LogP contribution in [0.2, 0.25) is 0 Å². The molecule has 0 unspecified atom stereocenters. The van der Waals surface area contributed by atoms with Crippen molar-refractivity contribution in [1.29, 1.82) is 0 Å². The van der Waals surface area contributed by atoms with Crippen LogP contribution in [0, 0.1) is 11.8 Å². The molecule has 1 N–H and O–H groups in total. The SMILES string of the molecule is Brc1ccc2ccccc2c1.CCOC(=O)C1CC(=O)C1.CCOC(=O)C1CC(O)(c2ccc3ccccc3c2)C1. The van der Waals surface area contributed by atoms with Crippen molar-refractivity contribution < 1.29 is 29.0 Å². The number of carbonyl (C=O) groups excluding carboxylic acids is 3. The summed E-state index contributed by atoms with van der Waals surface area (Å²) in [6.07, 6.45) is 1.67. The Hall–Kier alpha value is -3.55. The van der Waals surface area contributed by atoms with Gasteiger partial charge >= 0.3 is 11.9 Å². The van der Waals surface area contributed by atoms with Gasteiger partial charge in [-0.15, -0.1) is 0 Å². The van der Waals surface area contributed by atoms with Crippen molar-refractivity contribution in [2.24, 2.45) is 11.8 Å². The molecule has 4 aromatic rings. The number of hydrogen-bond donors (Lipinski definition) is 1. The maximum atomic E-state index is 11.6. The van der Waals surface area contributed by atoms with Crippen LogP contribution in [0.3, 0.4) is 0 Å². The van der Waals surface area contributed by atoms with Crippen LogP contribution >= 0.6 is 15.9 Å². The van der Waals surface area contributed by atoms with Crippen LogP contribution in [0.4, 0.5) is 0 Å². The van der Waals surface area contributed by atoms with Gasteiger partial charge < -0.3 is 14.6 Å². The first kappa shape index (κ1) is 30.4. The molecule has 6 rings (SSSR count). The number of carbonyl (C=O) groups is 3. The molecule has 4 aromatic carbocycles. The third-order valence-electron chi connectivity index (χ3n) is 7.35. The second-order valence-corrected chi connectivity index (χ2v) is 11.3. The second-order valence-electron chi connectivity index (χ2n) is 10.3. The lowest BCUT2D eigenvalue weighted by Crippen LogP contribution is -2.45. The average molecular weight is 620 g/mol. The highest BCUT2D eigenvalue weighted by Crippen LogP contribution is 2.46. The van der Waals surface area contributed by atoms with Gasteiger partial charge in [-0.05, 0) is 72.0 Å². The van der Waals surface area contributed by atoms with E-state index in [1.165, 1.54) is 10.8 Å². The van der Waals surface area contributed by atoms with Crippen molar-refractivity contribution in [3.8, 4) is 0 Å². The van der Waals surface area contributed by atoms with E-state index < -0.39 is 5.60 Å². The summed E-state index contributed by atoms with van der Waals surface area (Å²) in [7, 11) is 0. The normalized spacial score (nSPS) is 19.5. The smallest absolute Gasteiger partial charge is 0.309 e. The number of halogens is 1. The van der Waals surface area contributed by atoms with Gasteiger partial charge in [-0.25, -0.2) is 0 Å². The van der Waals surface area contributed by atoms with Gasteiger partial charge in [-0.3, -0.25) is 14.4 Å². The number of aliphatic hydroxyl groups is 1. The minimum absolute atomic E-state index is 0.132. The van der Waals surface area contributed by atoms with Crippen molar-refractivity contribution >= 4 is 55.2 Å². The molecular formula is C34H35BrO6. The van der Waals surface area contributed by atoms with E-state index >= 15 is 0 Å². The quantitative estimate of drug-likeness (QED) is 0.239. The second kappa shape index (κ2) is 13.9. The number of hydrogen-bond acceptors (Lipinski definition) is 6. The Morgan fingerprint density at radius 2 is 1.24 bits per heavy atom.